The van der Waals surface area contributed by atoms with Crippen LogP contribution in [-0.4, -0.2) is 29.1 Å². The Morgan fingerprint density at radius 2 is 1.86 bits per heavy atom. The fourth-order valence-electron chi connectivity index (χ4n) is 3.76. The maximum absolute atomic E-state index is 13.4. The summed E-state index contributed by atoms with van der Waals surface area (Å²) in [6.45, 7) is 7.98. The topological polar surface area (TPSA) is 65.7 Å². The van der Waals surface area contributed by atoms with Gasteiger partial charge in [-0.3, -0.25) is 4.79 Å². The highest BCUT2D eigenvalue weighted by Crippen LogP contribution is 2.34. The van der Waals surface area contributed by atoms with Crippen molar-refractivity contribution < 1.29 is 9.47 Å². The van der Waals surface area contributed by atoms with E-state index in [1.807, 2.05) is 73.7 Å². The largest absolute Gasteiger partial charge is 0.493 e. The lowest BCUT2D eigenvalue weighted by atomic mass is 10.1. The van der Waals surface area contributed by atoms with Gasteiger partial charge in [0.1, 0.15) is 0 Å². The number of rotatable bonds is 9. The fraction of sp³-hybridized carbons (Fsp3) is 0.207. The molecule has 0 aliphatic heterocycles. The number of nitrogens with zero attached hydrogens (tertiary/aromatic N) is 3. The molecule has 1 atom stereocenters. The molecule has 0 radical (unpaired) electrons. The van der Waals surface area contributed by atoms with Gasteiger partial charge in [-0.25, -0.2) is 4.98 Å². The molecule has 0 saturated heterocycles. The third-order valence-electron chi connectivity index (χ3n) is 5.74. The SMILES string of the molecule is C=CCc1cc(C=Nn2c(-c3ccccc3)nc3ccccc3c2=O)cc(OC)c1O[C@@H](C)CC. The minimum absolute atomic E-state index is 0.0441. The summed E-state index contributed by atoms with van der Waals surface area (Å²) in [4.78, 5) is 18.1. The van der Waals surface area contributed by atoms with Crippen LogP contribution < -0.4 is 15.0 Å². The maximum Gasteiger partial charge on any atom is 0.282 e. The highest BCUT2D eigenvalue weighted by Gasteiger charge is 2.16. The molecule has 35 heavy (non-hydrogen) atoms. The Kier molecular flexibility index (Phi) is 7.41. The summed E-state index contributed by atoms with van der Waals surface area (Å²) in [7, 11) is 1.61. The van der Waals surface area contributed by atoms with Gasteiger partial charge in [-0.1, -0.05) is 55.5 Å². The van der Waals surface area contributed by atoms with E-state index in [9.17, 15) is 4.79 Å². The number of hydrogen-bond donors (Lipinski definition) is 0. The zero-order valence-corrected chi connectivity index (χ0v) is 20.3. The normalized spacial score (nSPS) is 12.1. The molecule has 0 fully saturated rings. The predicted molar refractivity (Wildman–Crippen MR) is 142 cm³/mol. The van der Waals surface area contributed by atoms with Crippen molar-refractivity contribution in [3.05, 3.63) is 101 Å². The molecule has 4 rings (SSSR count). The lowest BCUT2D eigenvalue weighted by Crippen LogP contribution is -2.20. The number of benzene rings is 3. The van der Waals surface area contributed by atoms with Crippen LogP contribution in [0.15, 0.2) is 89.3 Å². The molecule has 6 nitrogen and oxygen atoms in total. The Morgan fingerprint density at radius 1 is 1.11 bits per heavy atom. The molecule has 6 heteroatoms. The quantitative estimate of drug-likeness (QED) is 0.228. The Labute approximate surface area is 205 Å². The van der Waals surface area contributed by atoms with Gasteiger partial charge in [0.25, 0.3) is 5.56 Å². The number of aromatic nitrogens is 2. The van der Waals surface area contributed by atoms with E-state index in [4.69, 9.17) is 14.5 Å². The molecule has 0 bridgehead atoms. The van der Waals surface area contributed by atoms with Gasteiger partial charge in [-0.05, 0) is 49.6 Å². The minimum Gasteiger partial charge on any atom is -0.493 e. The number of ether oxygens (including phenoxy) is 2. The second-order valence-corrected chi connectivity index (χ2v) is 8.22. The first-order chi connectivity index (χ1) is 17.0. The van der Waals surface area contributed by atoms with E-state index in [1.54, 1.807) is 19.4 Å². The monoisotopic (exact) mass is 467 g/mol. The van der Waals surface area contributed by atoms with Gasteiger partial charge in [-0.15, -0.1) is 6.58 Å². The van der Waals surface area contributed by atoms with Crippen molar-refractivity contribution in [2.24, 2.45) is 5.10 Å². The van der Waals surface area contributed by atoms with Crippen molar-refractivity contribution in [1.82, 2.24) is 9.66 Å². The van der Waals surface area contributed by atoms with Crippen LogP contribution >= 0.6 is 0 Å². The first-order valence-corrected chi connectivity index (χ1v) is 11.7. The number of methoxy groups -OCH3 is 1. The van der Waals surface area contributed by atoms with Crippen molar-refractivity contribution in [3.8, 4) is 22.9 Å². The standard InChI is InChI=1S/C29H29N3O3/c1-5-12-23-17-21(18-26(34-4)27(23)35-20(3)6-2)19-30-32-28(22-13-8-7-9-14-22)31-25-16-11-10-15-24(25)29(32)33/h5,7-11,13-20H,1,6,12H2,2-4H3/t20-/m0/s1. The van der Waals surface area contributed by atoms with E-state index < -0.39 is 0 Å². The first-order valence-electron chi connectivity index (χ1n) is 11.7. The van der Waals surface area contributed by atoms with Gasteiger partial charge in [0.05, 0.1) is 30.3 Å². The van der Waals surface area contributed by atoms with Gasteiger partial charge in [0.15, 0.2) is 17.3 Å². The highest BCUT2D eigenvalue weighted by molar-refractivity contribution is 5.83. The van der Waals surface area contributed by atoms with Crippen LogP contribution in [0.25, 0.3) is 22.3 Å². The summed E-state index contributed by atoms with van der Waals surface area (Å²) in [6, 6.07) is 20.7. The van der Waals surface area contributed by atoms with Crippen molar-refractivity contribution >= 4 is 17.1 Å². The third kappa shape index (κ3) is 5.17. The summed E-state index contributed by atoms with van der Waals surface area (Å²) in [5.41, 5.74) is 2.90. The summed E-state index contributed by atoms with van der Waals surface area (Å²) >= 11 is 0. The first kappa shape index (κ1) is 24.0. The van der Waals surface area contributed by atoms with Gasteiger partial charge in [-0.2, -0.15) is 9.78 Å². The third-order valence-corrected chi connectivity index (χ3v) is 5.74. The molecule has 4 aromatic rings. The molecule has 178 valence electrons. The molecule has 3 aromatic carbocycles. The number of hydrogen-bond acceptors (Lipinski definition) is 5. The Balaban J connectivity index is 1.85. The van der Waals surface area contributed by atoms with E-state index in [0.717, 1.165) is 23.1 Å². The molecule has 0 spiro atoms. The lowest BCUT2D eigenvalue weighted by molar-refractivity contribution is 0.206. The van der Waals surface area contributed by atoms with Gasteiger partial charge in [0.2, 0.25) is 0 Å². The van der Waals surface area contributed by atoms with E-state index in [0.29, 0.717) is 34.6 Å². The summed E-state index contributed by atoms with van der Waals surface area (Å²) < 4.78 is 13.1. The van der Waals surface area contributed by atoms with Crippen LogP contribution in [-0.2, 0) is 6.42 Å². The zero-order chi connectivity index (χ0) is 24.8. The van der Waals surface area contributed by atoms with Crippen molar-refractivity contribution in [2.45, 2.75) is 32.8 Å². The van der Waals surface area contributed by atoms with Crippen LogP contribution in [0, 0.1) is 0 Å². The Morgan fingerprint density at radius 3 is 2.57 bits per heavy atom. The van der Waals surface area contributed by atoms with Crippen molar-refractivity contribution in [1.29, 1.82) is 0 Å². The van der Waals surface area contributed by atoms with Crippen LogP contribution in [0.1, 0.15) is 31.4 Å². The van der Waals surface area contributed by atoms with E-state index in [1.165, 1.54) is 4.68 Å². The molecule has 0 saturated carbocycles. The molecule has 0 unspecified atom stereocenters. The van der Waals surface area contributed by atoms with Crippen molar-refractivity contribution in [3.63, 3.8) is 0 Å². The molecular weight excluding hydrogens is 438 g/mol. The Bertz CT molecular complexity index is 1420. The Hall–Kier alpha value is -4.19. The second-order valence-electron chi connectivity index (χ2n) is 8.22. The van der Waals surface area contributed by atoms with Gasteiger partial charge >= 0.3 is 0 Å². The van der Waals surface area contributed by atoms with Crippen LogP contribution in [0.4, 0.5) is 0 Å². The van der Waals surface area contributed by atoms with E-state index in [-0.39, 0.29) is 11.7 Å². The smallest absolute Gasteiger partial charge is 0.282 e. The molecule has 0 N–H and O–H groups in total. The average molecular weight is 468 g/mol. The van der Waals surface area contributed by atoms with Crippen LogP contribution in [0.2, 0.25) is 0 Å². The molecule has 0 aliphatic rings. The summed E-state index contributed by atoms with van der Waals surface area (Å²) in [5.74, 6) is 1.78. The van der Waals surface area contributed by atoms with E-state index in [2.05, 4.69) is 18.6 Å². The molecule has 1 heterocycles. The number of fused-ring (bicyclic) bond motifs is 1. The second kappa shape index (κ2) is 10.8. The molecule has 0 amide bonds. The van der Waals surface area contributed by atoms with Crippen molar-refractivity contribution in [2.75, 3.05) is 7.11 Å². The zero-order valence-electron chi connectivity index (χ0n) is 20.3. The fourth-order valence-corrected chi connectivity index (χ4v) is 3.76. The van der Waals surface area contributed by atoms with E-state index >= 15 is 0 Å². The molecule has 0 aliphatic carbocycles. The van der Waals surface area contributed by atoms with Crippen LogP contribution in [0.3, 0.4) is 0 Å². The number of allylic oxidation sites excluding steroid dienone is 1. The summed E-state index contributed by atoms with van der Waals surface area (Å²) in [5, 5.41) is 5.09. The number of para-hydroxylation sites is 1. The molecule has 1 aromatic heterocycles. The van der Waals surface area contributed by atoms with Gasteiger partial charge < -0.3 is 9.47 Å². The summed E-state index contributed by atoms with van der Waals surface area (Å²) in [6.07, 6.45) is 5.00. The lowest BCUT2D eigenvalue weighted by Gasteiger charge is -2.19. The minimum atomic E-state index is -0.235. The predicted octanol–water partition coefficient (Wildman–Crippen LogP) is 5.86. The maximum atomic E-state index is 13.4. The van der Waals surface area contributed by atoms with Crippen LogP contribution in [0.5, 0.6) is 11.5 Å². The highest BCUT2D eigenvalue weighted by atomic mass is 16.5. The molecular formula is C29H29N3O3. The average Bonchev–Trinajstić information content (AvgIpc) is 2.89. The van der Waals surface area contributed by atoms with Gasteiger partial charge in [0, 0.05) is 11.1 Å².